The fourth-order valence-electron chi connectivity index (χ4n) is 20.7. The molecule has 2 aliphatic heterocycles. The second kappa shape index (κ2) is 30.5. The quantitative estimate of drug-likeness (QED) is 0.0627. The summed E-state index contributed by atoms with van der Waals surface area (Å²) in [6.45, 7) is 66.7. The number of benzene rings is 17. The van der Waals surface area contributed by atoms with E-state index in [4.69, 9.17) is 15.2 Å². The van der Waals surface area contributed by atoms with Crippen LogP contribution in [-0.2, 0) is 54.1 Å². The van der Waals surface area contributed by atoms with Gasteiger partial charge in [-0.3, -0.25) is 19.2 Å². The summed E-state index contributed by atoms with van der Waals surface area (Å²) in [4.78, 5) is 70.2. The number of carbonyl (C=O) groups is 4. The Kier molecular flexibility index (Phi) is 20.6. The van der Waals surface area contributed by atoms with Gasteiger partial charge in [-0.2, -0.15) is 0 Å². The number of hydrogen-bond acceptors (Lipinski definition) is 7. The molecule has 9 heteroatoms. The molecular formula is C126H129N3O6. The Morgan fingerprint density at radius 1 is 0.215 bits per heavy atom. The molecular weight excluding hydrogens is 1650 g/mol. The van der Waals surface area contributed by atoms with Gasteiger partial charge in [0, 0.05) is 49.1 Å². The number of fused-ring (bicyclic) bond motifs is 4. The zero-order valence-electron chi connectivity index (χ0n) is 84.8. The first-order chi connectivity index (χ1) is 62.8. The van der Waals surface area contributed by atoms with Crippen molar-refractivity contribution < 1.29 is 28.7 Å². The standard InChI is InChI=1S/C126H129N3O6/c1-117(2,3)72-41-50-99(126(28,29)30)100(63-72)129-115(132)97-66-101(134-83-59-77(122(16,17)18)57-78(60-83)123(19,20)21)109-90-36-32-34-88-86(47-49-92(104(88)90)110-102(67-98(116(129)133)108(97)112(109)110)135-84-61-79(124(22,23)24)58-80(62-84)125(25,26)27)69-39-44-82(45-40-69)128-113(130)95-64-93(70-51-73(118(4,5)6)55-74(52-70)119(7,8)9)105-89-35-31-33-87-85(68-37-42-81(127)43-38-68)46-48-91(103(87)89)106-94(65-96(114(128)131)107(95)111(105)106)71-53-75(120(10,11)12)56-76(54-71)121(13,14)15/h31-67H,127H2,1-30H3. The van der Waals surface area contributed by atoms with E-state index in [0.29, 0.717) is 89.2 Å². The predicted molar refractivity (Wildman–Crippen MR) is 570 cm³/mol. The molecule has 9 nitrogen and oxygen atoms in total. The SMILES string of the molecule is CC(C)(C)c1cc(Oc2cc3c4c(cc(Oc5cc(C(C)(C)C)cc(C(C)(C)C)c5)c5c6ccc(-c7ccc(N8C(=O)c9cc(-c%10cc(C(C)(C)C)cc(C(C)(C)C)c%10)c%10c%11cccc%12c(-c%13ccc(N)cc%13)ccc(c%13c(-c%14cc(C(C)(C)C)cc(C(C)(C)C)c%14)cc(c9c%10%13)C8=O)c%12%11)cc7)c7cccc(c2c45)c76)C(=O)N(c2cc(C(C)(C)C)ccc2C(C)(C)C)C3=O)cc(C(C)(C)C)c1. The summed E-state index contributed by atoms with van der Waals surface area (Å²) in [5.74, 6) is 0.359. The van der Waals surface area contributed by atoms with Crippen LogP contribution in [0, 0.1) is 0 Å². The van der Waals surface area contributed by atoms with E-state index in [1.54, 1.807) is 0 Å². The molecule has 2 aliphatic rings. The molecule has 0 aliphatic carbocycles. The number of amides is 4. The van der Waals surface area contributed by atoms with E-state index < -0.39 is 29.0 Å². The van der Waals surface area contributed by atoms with Gasteiger partial charge in [0.05, 0.1) is 22.5 Å². The minimum atomic E-state index is -0.494. The molecule has 0 aromatic heterocycles. The van der Waals surface area contributed by atoms with Crippen LogP contribution in [0.25, 0.3) is 131 Å². The van der Waals surface area contributed by atoms with E-state index in [-0.39, 0.29) is 48.7 Å². The number of hydrogen-bond donors (Lipinski definition) is 1. The summed E-state index contributed by atoms with van der Waals surface area (Å²) >= 11 is 0. The van der Waals surface area contributed by atoms with Crippen LogP contribution in [0.15, 0.2) is 224 Å². The molecule has 135 heavy (non-hydrogen) atoms. The van der Waals surface area contributed by atoms with Gasteiger partial charge in [0.15, 0.2) is 0 Å². The number of nitrogens with two attached hydrogens (primary N) is 1. The van der Waals surface area contributed by atoms with Crippen molar-refractivity contribution in [3.8, 4) is 67.5 Å². The molecule has 0 spiro atoms. The number of imide groups is 2. The normalized spacial score (nSPS) is 14.2. The van der Waals surface area contributed by atoms with E-state index in [2.05, 4.69) is 378 Å². The maximum absolute atomic E-state index is 17.0. The third-order valence-electron chi connectivity index (χ3n) is 28.9. The number of anilines is 3. The molecule has 17 aromatic carbocycles. The van der Waals surface area contributed by atoms with Gasteiger partial charge in [-0.05, 0) is 287 Å². The summed E-state index contributed by atoms with van der Waals surface area (Å²) in [5, 5.41) is 13.8. The third-order valence-corrected chi connectivity index (χ3v) is 28.9. The lowest BCUT2D eigenvalue weighted by Gasteiger charge is -2.34. The molecule has 2 N–H and O–H groups in total. The average molecular weight is 1780 g/mol. The first-order valence-corrected chi connectivity index (χ1v) is 48.2. The minimum absolute atomic E-state index is 0.262. The van der Waals surface area contributed by atoms with Crippen LogP contribution in [0.3, 0.4) is 0 Å². The van der Waals surface area contributed by atoms with Crippen LogP contribution in [0.2, 0.25) is 0 Å². The zero-order valence-corrected chi connectivity index (χ0v) is 84.8. The van der Waals surface area contributed by atoms with Gasteiger partial charge in [0.25, 0.3) is 23.6 Å². The Morgan fingerprint density at radius 3 is 0.874 bits per heavy atom. The summed E-state index contributed by atoms with van der Waals surface area (Å²) in [6.07, 6.45) is 0. The van der Waals surface area contributed by atoms with Crippen molar-refractivity contribution in [2.45, 2.75) is 262 Å². The molecule has 4 amide bonds. The lowest BCUT2D eigenvalue weighted by molar-refractivity contribution is 0.0877. The molecule has 0 radical (unpaired) electrons. The van der Waals surface area contributed by atoms with Gasteiger partial charge in [-0.25, -0.2) is 9.80 Å². The second-order valence-corrected chi connectivity index (χ2v) is 49.2. The summed E-state index contributed by atoms with van der Waals surface area (Å²) in [5.41, 5.74) is 25.1. The Labute approximate surface area is 797 Å². The van der Waals surface area contributed by atoms with Crippen molar-refractivity contribution >= 4 is 127 Å². The summed E-state index contributed by atoms with van der Waals surface area (Å²) in [6, 6.07) is 79.5. The molecule has 0 fully saturated rings. The van der Waals surface area contributed by atoms with Crippen LogP contribution in [-0.4, -0.2) is 23.6 Å². The minimum Gasteiger partial charge on any atom is -0.457 e. The molecule has 0 saturated heterocycles. The van der Waals surface area contributed by atoms with Gasteiger partial charge in [0.2, 0.25) is 0 Å². The molecule has 2 heterocycles. The maximum atomic E-state index is 17.0. The van der Waals surface area contributed by atoms with Crippen molar-refractivity contribution in [3.63, 3.8) is 0 Å². The molecule has 19 rings (SSSR count). The zero-order chi connectivity index (χ0) is 97.0. The molecule has 0 saturated carbocycles. The molecule has 684 valence electrons. The largest absolute Gasteiger partial charge is 0.457 e. The molecule has 0 bridgehead atoms. The van der Waals surface area contributed by atoms with E-state index in [0.717, 1.165) is 137 Å². The van der Waals surface area contributed by atoms with E-state index in [1.807, 2.05) is 54.6 Å². The lowest BCUT2D eigenvalue weighted by atomic mass is 9.75. The van der Waals surface area contributed by atoms with Crippen molar-refractivity contribution in [2.24, 2.45) is 0 Å². The molecule has 0 atom stereocenters. The Hall–Kier alpha value is -13.0. The van der Waals surface area contributed by atoms with Crippen LogP contribution in [0.4, 0.5) is 17.1 Å². The predicted octanol–water partition coefficient (Wildman–Crippen LogP) is 34.2. The topological polar surface area (TPSA) is 119 Å². The van der Waals surface area contributed by atoms with Crippen molar-refractivity contribution in [2.75, 3.05) is 15.5 Å². The van der Waals surface area contributed by atoms with Gasteiger partial charge in [-0.15, -0.1) is 0 Å². The lowest BCUT2D eigenvalue weighted by Crippen LogP contribution is -2.42. The van der Waals surface area contributed by atoms with Gasteiger partial charge in [0.1, 0.15) is 23.0 Å². The van der Waals surface area contributed by atoms with Crippen LogP contribution >= 0.6 is 0 Å². The fraction of sp³-hybridized carbons (Fsp3) is 0.317. The number of nitrogen functional groups attached to an aromatic ring is 1. The van der Waals surface area contributed by atoms with Crippen molar-refractivity contribution in [1.29, 1.82) is 0 Å². The summed E-state index contributed by atoms with van der Waals surface area (Å²) < 4.78 is 15.4. The van der Waals surface area contributed by atoms with Crippen LogP contribution in [0.5, 0.6) is 23.0 Å². The Balaban J connectivity index is 0.865. The highest BCUT2D eigenvalue weighted by molar-refractivity contribution is 6.47. The van der Waals surface area contributed by atoms with Crippen molar-refractivity contribution in [3.05, 3.63) is 302 Å². The Morgan fingerprint density at radius 2 is 0.519 bits per heavy atom. The highest BCUT2D eigenvalue weighted by atomic mass is 16.5. The number of carbonyl (C=O) groups excluding carboxylic acids is 4. The highest BCUT2D eigenvalue weighted by Gasteiger charge is 2.44. The van der Waals surface area contributed by atoms with Crippen LogP contribution in [0.1, 0.15) is 305 Å². The highest BCUT2D eigenvalue weighted by Crippen LogP contribution is 2.58. The second-order valence-electron chi connectivity index (χ2n) is 49.2. The van der Waals surface area contributed by atoms with E-state index in [9.17, 15) is 0 Å². The Bertz CT molecular complexity index is 7510. The smallest absolute Gasteiger partial charge is 0.266 e. The van der Waals surface area contributed by atoms with Gasteiger partial charge >= 0.3 is 0 Å². The summed E-state index contributed by atoms with van der Waals surface area (Å²) in [7, 11) is 0. The number of nitrogens with zero attached hydrogens (tertiary/aromatic N) is 2. The first kappa shape index (κ1) is 91.2. The fourth-order valence-corrected chi connectivity index (χ4v) is 20.7. The number of ether oxygens (including phenoxy) is 2. The molecule has 17 aromatic rings. The van der Waals surface area contributed by atoms with E-state index >= 15 is 19.2 Å². The van der Waals surface area contributed by atoms with Gasteiger partial charge in [-0.1, -0.05) is 353 Å². The maximum Gasteiger partial charge on any atom is 0.266 e. The van der Waals surface area contributed by atoms with E-state index in [1.165, 1.54) is 32.1 Å². The third kappa shape index (κ3) is 15.4. The number of rotatable bonds is 10. The first-order valence-electron chi connectivity index (χ1n) is 48.2. The van der Waals surface area contributed by atoms with Crippen molar-refractivity contribution in [1.82, 2.24) is 0 Å². The average Bonchev–Trinajstić information content (AvgIpc) is 0.681. The van der Waals surface area contributed by atoms with Crippen LogP contribution < -0.4 is 25.0 Å². The van der Waals surface area contributed by atoms with Gasteiger partial charge < -0.3 is 15.2 Å². The monoisotopic (exact) mass is 1780 g/mol. The molecule has 0 unspecified atom stereocenters.